The maximum atomic E-state index is 12.9. The number of hydrogen-bond acceptors (Lipinski definition) is 4. The van der Waals surface area contributed by atoms with Gasteiger partial charge in [-0.1, -0.05) is 64.0 Å². The van der Waals surface area contributed by atoms with Gasteiger partial charge in [-0.15, -0.1) is 0 Å². The lowest BCUT2D eigenvalue weighted by molar-refractivity contribution is 0.236. The molecule has 160 valence electrons. The predicted octanol–water partition coefficient (Wildman–Crippen LogP) is 4.97. The average Bonchev–Trinajstić information content (AvgIpc) is 2.77. The number of halogens is 1. The quantitative estimate of drug-likeness (QED) is 0.542. The molecule has 0 saturated carbocycles. The Morgan fingerprint density at radius 1 is 1.16 bits per heavy atom. The molecule has 2 heterocycles. The first-order valence-corrected chi connectivity index (χ1v) is 11.4. The van der Waals surface area contributed by atoms with Gasteiger partial charge in [0.05, 0.1) is 0 Å². The zero-order valence-corrected chi connectivity index (χ0v) is 19.3. The summed E-state index contributed by atoms with van der Waals surface area (Å²) in [4.78, 5) is 19.7. The van der Waals surface area contributed by atoms with Crippen molar-refractivity contribution in [2.45, 2.75) is 25.8 Å². The lowest BCUT2D eigenvalue weighted by Gasteiger charge is -2.32. The Morgan fingerprint density at radius 3 is 2.68 bits per heavy atom. The largest absolute Gasteiger partial charge is 0.363 e. The van der Waals surface area contributed by atoms with Gasteiger partial charge >= 0.3 is 0 Å². The lowest BCUT2D eigenvalue weighted by Crippen LogP contribution is -2.41. The summed E-state index contributed by atoms with van der Waals surface area (Å²) >= 11 is 3.47. The fourth-order valence-corrected chi connectivity index (χ4v) is 4.39. The Morgan fingerprint density at radius 2 is 1.94 bits per heavy atom. The fourth-order valence-electron chi connectivity index (χ4n) is 4.00. The molecular weight excluding hydrogens is 452 g/mol. The monoisotopic (exact) mass is 478 g/mol. The highest BCUT2D eigenvalue weighted by Gasteiger charge is 2.20. The summed E-state index contributed by atoms with van der Waals surface area (Å²) in [6.07, 6.45) is 7.62. The van der Waals surface area contributed by atoms with Crippen LogP contribution in [0.15, 0.2) is 81.8 Å². The van der Waals surface area contributed by atoms with Crippen LogP contribution >= 0.6 is 15.9 Å². The lowest BCUT2D eigenvalue weighted by atomic mass is 10.0. The van der Waals surface area contributed by atoms with Crippen molar-refractivity contribution in [1.29, 1.82) is 0 Å². The van der Waals surface area contributed by atoms with Crippen molar-refractivity contribution in [2.24, 2.45) is 0 Å². The van der Waals surface area contributed by atoms with Crippen LogP contribution in [0.3, 0.4) is 0 Å². The van der Waals surface area contributed by atoms with Crippen LogP contribution in [-0.2, 0) is 0 Å². The van der Waals surface area contributed by atoms with Gasteiger partial charge in [0.25, 0.3) is 5.56 Å². The highest BCUT2D eigenvalue weighted by Crippen LogP contribution is 2.17. The maximum Gasteiger partial charge on any atom is 0.297 e. The van der Waals surface area contributed by atoms with E-state index in [1.54, 1.807) is 17.0 Å². The van der Waals surface area contributed by atoms with E-state index >= 15 is 0 Å². The molecule has 1 saturated heterocycles. The van der Waals surface area contributed by atoms with Crippen LogP contribution in [0.5, 0.6) is 0 Å². The third-order valence-corrected chi connectivity index (χ3v) is 6.03. The van der Waals surface area contributed by atoms with E-state index in [9.17, 15) is 4.79 Å². The molecule has 0 unspecified atom stereocenters. The molecule has 0 spiro atoms. The number of aromatic nitrogens is 2. The zero-order valence-electron chi connectivity index (χ0n) is 17.7. The molecular formula is C25H27BrN4O. The van der Waals surface area contributed by atoms with Crippen molar-refractivity contribution in [3.63, 3.8) is 0 Å². The van der Waals surface area contributed by atoms with Crippen LogP contribution in [0.4, 0.5) is 5.82 Å². The topological polar surface area (TPSA) is 50.2 Å². The minimum Gasteiger partial charge on any atom is -0.363 e. The van der Waals surface area contributed by atoms with Crippen molar-refractivity contribution in [3.05, 3.63) is 93.0 Å². The number of piperidine rings is 1. The van der Waals surface area contributed by atoms with Crippen LogP contribution in [-0.4, -0.2) is 40.1 Å². The molecule has 0 radical (unpaired) electrons. The Labute approximate surface area is 191 Å². The van der Waals surface area contributed by atoms with Crippen LogP contribution < -0.4 is 10.9 Å². The fraction of sp³-hybridized carbons (Fsp3) is 0.280. The van der Waals surface area contributed by atoms with E-state index in [0.717, 1.165) is 42.6 Å². The number of nitrogens with one attached hydrogen (secondary N) is 1. The highest BCUT2D eigenvalue weighted by atomic mass is 79.9. The molecule has 0 bridgehead atoms. The number of anilines is 1. The summed E-state index contributed by atoms with van der Waals surface area (Å²) in [6.45, 7) is 5.17. The van der Waals surface area contributed by atoms with E-state index < -0.39 is 0 Å². The first-order chi connectivity index (χ1) is 15.1. The van der Waals surface area contributed by atoms with E-state index in [2.05, 4.69) is 68.4 Å². The molecule has 1 fully saturated rings. The molecule has 0 amide bonds. The summed E-state index contributed by atoms with van der Waals surface area (Å²) in [6, 6.07) is 18.4. The zero-order chi connectivity index (χ0) is 21.6. The van der Waals surface area contributed by atoms with Crippen molar-refractivity contribution in [1.82, 2.24) is 14.5 Å². The van der Waals surface area contributed by atoms with Gasteiger partial charge in [-0.2, -0.15) is 0 Å². The molecule has 3 aromatic rings. The Balaban J connectivity index is 1.36. The smallest absolute Gasteiger partial charge is 0.297 e. The first kappa shape index (κ1) is 21.5. The Kier molecular flexibility index (Phi) is 6.99. The van der Waals surface area contributed by atoms with E-state index in [1.165, 1.54) is 11.1 Å². The van der Waals surface area contributed by atoms with Gasteiger partial charge in [0.2, 0.25) is 0 Å². The van der Waals surface area contributed by atoms with Gasteiger partial charge in [-0.05, 0) is 43.5 Å². The van der Waals surface area contributed by atoms with Crippen LogP contribution in [0.1, 0.15) is 25.3 Å². The summed E-state index contributed by atoms with van der Waals surface area (Å²) < 4.78 is 2.57. The van der Waals surface area contributed by atoms with Crippen LogP contribution in [0, 0.1) is 0 Å². The third kappa shape index (κ3) is 5.71. The second kappa shape index (κ2) is 10.1. The summed E-state index contributed by atoms with van der Waals surface area (Å²) in [5, 5.41) is 3.39. The summed E-state index contributed by atoms with van der Waals surface area (Å²) in [5.74, 6) is 0.418. The molecule has 1 aliphatic heterocycles. The SMILES string of the molecule is CC(=Cc1ccccc1)CN1CCC(Nc2nccn(-c3cccc(Br)c3)c2=O)CC1. The molecule has 0 atom stereocenters. The van der Waals surface area contributed by atoms with Crippen molar-refractivity contribution in [2.75, 3.05) is 25.0 Å². The van der Waals surface area contributed by atoms with Crippen molar-refractivity contribution in [3.8, 4) is 5.69 Å². The van der Waals surface area contributed by atoms with Crippen molar-refractivity contribution >= 4 is 27.8 Å². The molecule has 1 aromatic heterocycles. The van der Waals surface area contributed by atoms with Crippen LogP contribution in [0.2, 0.25) is 0 Å². The summed E-state index contributed by atoms with van der Waals surface area (Å²) in [7, 11) is 0. The Bertz CT molecular complexity index is 1100. The van der Waals surface area contributed by atoms with Gasteiger partial charge < -0.3 is 5.32 Å². The van der Waals surface area contributed by atoms with E-state index in [0.29, 0.717) is 5.82 Å². The molecule has 0 aliphatic carbocycles. The van der Waals surface area contributed by atoms with Crippen LogP contribution in [0.25, 0.3) is 11.8 Å². The van der Waals surface area contributed by atoms with Gasteiger partial charge in [-0.25, -0.2) is 4.98 Å². The second-order valence-corrected chi connectivity index (χ2v) is 8.94. The normalized spacial score (nSPS) is 15.7. The van der Waals surface area contributed by atoms with Gasteiger partial charge in [0.1, 0.15) is 0 Å². The predicted molar refractivity (Wildman–Crippen MR) is 131 cm³/mol. The maximum absolute atomic E-state index is 12.9. The van der Waals surface area contributed by atoms with E-state index in [1.807, 2.05) is 30.3 Å². The molecule has 2 aromatic carbocycles. The van der Waals surface area contributed by atoms with Gasteiger partial charge in [0, 0.05) is 48.2 Å². The molecule has 5 nitrogen and oxygen atoms in total. The standard InChI is InChI=1S/C25H27BrN4O/c1-19(16-20-6-3-2-4-7-20)18-29-13-10-22(11-14-29)28-24-25(31)30(15-12-27-24)23-9-5-8-21(26)17-23/h2-9,12,15-17,22H,10-11,13-14,18H2,1H3,(H,27,28). The minimum absolute atomic E-state index is 0.121. The number of benzene rings is 2. The van der Waals surface area contributed by atoms with Crippen molar-refractivity contribution < 1.29 is 0 Å². The molecule has 6 heteroatoms. The highest BCUT2D eigenvalue weighted by molar-refractivity contribution is 9.10. The minimum atomic E-state index is -0.121. The third-order valence-electron chi connectivity index (χ3n) is 5.54. The van der Waals surface area contributed by atoms with Gasteiger partial charge in [-0.3, -0.25) is 14.3 Å². The molecule has 1 aliphatic rings. The average molecular weight is 479 g/mol. The summed E-state index contributed by atoms with van der Waals surface area (Å²) in [5.41, 5.74) is 3.30. The van der Waals surface area contributed by atoms with E-state index in [4.69, 9.17) is 0 Å². The molecule has 31 heavy (non-hydrogen) atoms. The first-order valence-electron chi connectivity index (χ1n) is 10.6. The molecule has 1 N–H and O–H groups in total. The molecule has 4 rings (SSSR count). The second-order valence-electron chi connectivity index (χ2n) is 8.03. The Hall–Kier alpha value is -2.70. The number of likely N-dealkylation sites (tertiary alicyclic amines) is 1. The van der Waals surface area contributed by atoms with E-state index in [-0.39, 0.29) is 11.6 Å². The number of nitrogens with zero attached hydrogens (tertiary/aromatic N) is 3. The van der Waals surface area contributed by atoms with Gasteiger partial charge in [0.15, 0.2) is 5.82 Å². The number of hydrogen-bond donors (Lipinski definition) is 1. The number of rotatable bonds is 6.